The van der Waals surface area contributed by atoms with E-state index in [1.807, 2.05) is 0 Å². The summed E-state index contributed by atoms with van der Waals surface area (Å²) in [5, 5.41) is 2.83. The summed E-state index contributed by atoms with van der Waals surface area (Å²) in [7, 11) is 3.09. The summed E-state index contributed by atoms with van der Waals surface area (Å²) in [5.74, 6) is 1.08. The van der Waals surface area contributed by atoms with E-state index in [0.717, 1.165) is 25.9 Å². The van der Waals surface area contributed by atoms with E-state index in [0.29, 0.717) is 22.9 Å². The molecule has 1 aliphatic heterocycles. The number of urea groups is 1. The van der Waals surface area contributed by atoms with Gasteiger partial charge in [0.05, 0.1) is 25.6 Å². The van der Waals surface area contributed by atoms with Gasteiger partial charge in [-0.3, -0.25) is 0 Å². The molecule has 1 aromatic rings. The number of amides is 2. The van der Waals surface area contributed by atoms with Gasteiger partial charge in [0.25, 0.3) is 0 Å². The van der Waals surface area contributed by atoms with Gasteiger partial charge in [-0.05, 0) is 19.3 Å². The Morgan fingerprint density at radius 2 is 1.75 bits per heavy atom. The Morgan fingerprint density at radius 1 is 1.15 bits per heavy atom. The zero-order valence-corrected chi connectivity index (χ0v) is 11.9. The zero-order valence-electron chi connectivity index (χ0n) is 11.9. The molecule has 1 fully saturated rings. The van der Waals surface area contributed by atoms with E-state index in [4.69, 9.17) is 15.2 Å². The first-order valence-electron chi connectivity index (χ1n) is 6.73. The van der Waals surface area contributed by atoms with Crippen molar-refractivity contribution in [3.63, 3.8) is 0 Å². The minimum atomic E-state index is -0.122. The molecule has 20 heavy (non-hydrogen) atoms. The average molecular weight is 279 g/mol. The largest absolute Gasteiger partial charge is 0.493 e. The molecule has 0 aliphatic carbocycles. The quantitative estimate of drug-likeness (QED) is 0.832. The number of hydrogen-bond acceptors (Lipinski definition) is 4. The smallest absolute Gasteiger partial charge is 0.321 e. The highest BCUT2D eigenvalue weighted by Crippen LogP contribution is 2.34. The van der Waals surface area contributed by atoms with Crippen LogP contribution in [0.15, 0.2) is 12.1 Å². The molecule has 1 heterocycles. The number of nitrogens with zero attached hydrogens (tertiary/aromatic N) is 1. The third-order valence-corrected chi connectivity index (χ3v) is 3.44. The van der Waals surface area contributed by atoms with Crippen molar-refractivity contribution in [3.05, 3.63) is 12.1 Å². The monoisotopic (exact) mass is 279 g/mol. The number of piperidine rings is 1. The molecule has 1 aliphatic rings. The SMILES string of the molecule is COc1cc(N)c(NC(=O)N2CCCCC2)cc1OC. The van der Waals surface area contributed by atoms with Gasteiger partial charge < -0.3 is 25.4 Å². The standard InChI is InChI=1S/C14H21N3O3/c1-19-12-8-10(15)11(9-13(12)20-2)16-14(18)17-6-4-3-5-7-17/h8-9H,3-7,15H2,1-2H3,(H,16,18). The van der Waals surface area contributed by atoms with Crippen molar-refractivity contribution in [2.45, 2.75) is 19.3 Å². The summed E-state index contributed by atoms with van der Waals surface area (Å²) in [5.41, 5.74) is 6.92. The van der Waals surface area contributed by atoms with Gasteiger partial charge in [-0.2, -0.15) is 0 Å². The summed E-state index contributed by atoms with van der Waals surface area (Å²) in [6, 6.07) is 3.20. The molecule has 1 saturated heterocycles. The Kier molecular flexibility index (Phi) is 4.55. The topological polar surface area (TPSA) is 76.8 Å². The molecule has 0 saturated carbocycles. The van der Waals surface area contributed by atoms with E-state index >= 15 is 0 Å². The van der Waals surface area contributed by atoms with Crippen molar-refractivity contribution in [3.8, 4) is 11.5 Å². The minimum Gasteiger partial charge on any atom is -0.493 e. The number of nitrogens with one attached hydrogen (secondary N) is 1. The second kappa shape index (κ2) is 6.36. The highest BCUT2D eigenvalue weighted by Gasteiger charge is 2.18. The molecule has 2 rings (SSSR count). The van der Waals surface area contributed by atoms with Crippen molar-refractivity contribution in [2.24, 2.45) is 0 Å². The number of carbonyl (C=O) groups excluding carboxylic acids is 1. The molecule has 0 bridgehead atoms. The molecule has 0 spiro atoms. The molecular formula is C14H21N3O3. The van der Waals surface area contributed by atoms with E-state index in [1.165, 1.54) is 6.42 Å². The van der Waals surface area contributed by atoms with Crippen molar-refractivity contribution in [1.82, 2.24) is 4.90 Å². The lowest BCUT2D eigenvalue weighted by atomic mass is 10.1. The Labute approximate surface area is 118 Å². The van der Waals surface area contributed by atoms with Crippen LogP contribution >= 0.6 is 0 Å². The Bertz CT molecular complexity index is 485. The fraction of sp³-hybridized carbons (Fsp3) is 0.500. The fourth-order valence-corrected chi connectivity index (χ4v) is 2.29. The van der Waals surface area contributed by atoms with Crippen molar-refractivity contribution in [1.29, 1.82) is 0 Å². The molecule has 0 radical (unpaired) electrons. The minimum absolute atomic E-state index is 0.122. The molecule has 0 atom stereocenters. The second-order valence-corrected chi connectivity index (χ2v) is 4.77. The number of benzene rings is 1. The van der Waals surface area contributed by atoms with Crippen molar-refractivity contribution in [2.75, 3.05) is 38.4 Å². The molecule has 3 N–H and O–H groups in total. The van der Waals surface area contributed by atoms with Gasteiger partial charge in [0.15, 0.2) is 11.5 Å². The Hall–Kier alpha value is -2.11. The molecule has 0 unspecified atom stereocenters. The highest BCUT2D eigenvalue weighted by molar-refractivity contribution is 5.93. The van der Waals surface area contributed by atoms with E-state index in [-0.39, 0.29) is 6.03 Å². The van der Waals surface area contributed by atoms with Crippen molar-refractivity contribution >= 4 is 17.4 Å². The van der Waals surface area contributed by atoms with Gasteiger partial charge in [0.2, 0.25) is 0 Å². The Balaban J connectivity index is 2.13. The summed E-state index contributed by atoms with van der Waals surface area (Å²) in [6.45, 7) is 1.58. The molecule has 6 nitrogen and oxygen atoms in total. The maximum atomic E-state index is 12.2. The second-order valence-electron chi connectivity index (χ2n) is 4.77. The highest BCUT2D eigenvalue weighted by atomic mass is 16.5. The van der Waals surface area contributed by atoms with Crippen LogP contribution in [0.2, 0.25) is 0 Å². The van der Waals surface area contributed by atoms with Crippen LogP contribution in [-0.4, -0.2) is 38.2 Å². The van der Waals surface area contributed by atoms with Crippen molar-refractivity contribution < 1.29 is 14.3 Å². The predicted octanol–water partition coefficient (Wildman–Crippen LogP) is 2.30. The van der Waals surface area contributed by atoms with Crippen LogP contribution < -0.4 is 20.5 Å². The van der Waals surface area contributed by atoms with Gasteiger partial charge in [-0.15, -0.1) is 0 Å². The van der Waals surface area contributed by atoms with Gasteiger partial charge in [0, 0.05) is 25.2 Å². The number of nitrogen functional groups attached to an aromatic ring is 1. The van der Waals surface area contributed by atoms with Crippen LogP contribution in [0.25, 0.3) is 0 Å². The third-order valence-electron chi connectivity index (χ3n) is 3.44. The number of methoxy groups -OCH3 is 2. The number of ether oxygens (including phenoxy) is 2. The first kappa shape index (κ1) is 14.3. The Morgan fingerprint density at radius 3 is 2.35 bits per heavy atom. The van der Waals surface area contributed by atoms with Crippen LogP contribution in [0, 0.1) is 0 Å². The molecule has 1 aromatic carbocycles. The number of hydrogen-bond donors (Lipinski definition) is 2. The molecule has 2 amide bonds. The normalized spacial score (nSPS) is 14.8. The lowest BCUT2D eigenvalue weighted by Gasteiger charge is -2.27. The van der Waals surface area contributed by atoms with Gasteiger partial charge in [0.1, 0.15) is 0 Å². The van der Waals surface area contributed by atoms with Crippen LogP contribution in [-0.2, 0) is 0 Å². The van der Waals surface area contributed by atoms with Gasteiger partial charge in [-0.1, -0.05) is 0 Å². The number of rotatable bonds is 3. The lowest BCUT2D eigenvalue weighted by Crippen LogP contribution is -2.38. The van der Waals surface area contributed by atoms with E-state index < -0.39 is 0 Å². The number of nitrogens with two attached hydrogens (primary N) is 1. The third kappa shape index (κ3) is 3.07. The number of carbonyl (C=O) groups is 1. The average Bonchev–Trinajstić information content (AvgIpc) is 2.49. The van der Waals surface area contributed by atoms with E-state index in [2.05, 4.69) is 5.32 Å². The van der Waals surface area contributed by atoms with E-state index in [1.54, 1.807) is 31.3 Å². The number of anilines is 2. The summed E-state index contributed by atoms with van der Waals surface area (Å²) >= 11 is 0. The maximum Gasteiger partial charge on any atom is 0.321 e. The first-order valence-corrected chi connectivity index (χ1v) is 6.73. The lowest BCUT2D eigenvalue weighted by molar-refractivity contribution is 0.200. The molecule has 6 heteroatoms. The molecule has 110 valence electrons. The van der Waals surface area contributed by atoms with Crippen LogP contribution in [0.5, 0.6) is 11.5 Å². The van der Waals surface area contributed by atoms with Crippen LogP contribution in [0.1, 0.15) is 19.3 Å². The summed E-state index contributed by atoms with van der Waals surface area (Å²) < 4.78 is 10.4. The maximum absolute atomic E-state index is 12.2. The molecular weight excluding hydrogens is 258 g/mol. The summed E-state index contributed by atoms with van der Waals surface area (Å²) in [4.78, 5) is 14.0. The van der Waals surface area contributed by atoms with Crippen LogP contribution in [0.3, 0.4) is 0 Å². The van der Waals surface area contributed by atoms with Gasteiger partial charge >= 0.3 is 6.03 Å². The van der Waals surface area contributed by atoms with E-state index in [9.17, 15) is 4.79 Å². The summed E-state index contributed by atoms with van der Waals surface area (Å²) in [6.07, 6.45) is 3.28. The first-order chi connectivity index (χ1) is 9.65. The van der Waals surface area contributed by atoms with Crippen LogP contribution in [0.4, 0.5) is 16.2 Å². The number of likely N-dealkylation sites (tertiary alicyclic amines) is 1. The molecule has 0 aromatic heterocycles. The van der Waals surface area contributed by atoms with Gasteiger partial charge in [-0.25, -0.2) is 4.79 Å². The zero-order chi connectivity index (χ0) is 14.5. The fourth-order valence-electron chi connectivity index (χ4n) is 2.29. The predicted molar refractivity (Wildman–Crippen MR) is 78.4 cm³/mol.